The van der Waals surface area contributed by atoms with Crippen LogP contribution < -0.4 is 4.74 Å². The van der Waals surface area contributed by atoms with Crippen molar-refractivity contribution >= 4 is 17.9 Å². The van der Waals surface area contributed by atoms with Gasteiger partial charge in [0.1, 0.15) is 5.75 Å². The molecule has 1 aromatic carbocycles. The molecule has 0 aliphatic heterocycles. The molecule has 0 spiro atoms. The lowest BCUT2D eigenvalue weighted by molar-refractivity contribution is 0.112. The monoisotopic (exact) mass is 212 g/mol. The van der Waals surface area contributed by atoms with E-state index in [4.69, 9.17) is 16.3 Å². The van der Waals surface area contributed by atoms with Gasteiger partial charge in [-0.3, -0.25) is 4.79 Å². The summed E-state index contributed by atoms with van der Waals surface area (Å²) in [5.74, 6) is 1.17. The van der Waals surface area contributed by atoms with Gasteiger partial charge in [-0.2, -0.15) is 0 Å². The molecule has 0 saturated carbocycles. The molecule has 3 heteroatoms. The highest BCUT2D eigenvalue weighted by Crippen LogP contribution is 2.21. The molecule has 2 nitrogen and oxygen atoms in total. The van der Waals surface area contributed by atoms with Gasteiger partial charge in [0.05, 0.1) is 11.6 Å². The van der Waals surface area contributed by atoms with Gasteiger partial charge in [0.2, 0.25) is 0 Å². The van der Waals surface area contributed by atoms with E-state index >= 15 is 0 Å². The van der Waals surface area contributed by atoms with Crippen molar-refractivity contribution in [3.05, 3.63) is 28.8 Å². The Labute approximate surface area is 88.8 Å². The van der Waals surface area contributed by atoms with Crippen molar-refractivity contribution in [1.29, 1.82) is 0 Å². The molecule has 0 amide bonds. The summed E-state index contributed by atoms with van der Waals surface area (Å²) in [6.07, 6.45) is 0.731. The van der Waals surface area contributed by atoms with Gasteiger partial charge in [-0.25, -0.2) is 0 Å². The maximum absolute atomic E-state index is 10.5. The van der Waals surface area contributed by atoms with E-state index in [2.05, 4.69) is 13.8 Å². The first kappa shape index (κ1) is 11.1. The average Bonchev–Trinajstić information content (AvgIpc) is 2.15. The van der Waals surface area contributed by atoms with Gasteiger partial charge in [0, 0.05) is 5.56 Å². The summed E-state index contributed by atoms with van der Waals surface area (Å²) in [4.78, 5) is 10.5. The van der Waals surface area contributed by atoms with Crippen molar-refractivity contribution in [2.45, 2.75) is 13.8 Å². The number of carbonyl (C=O) groups excluding carboxylic acids is 1. The van der Waals surface area contributed by atoms with Crippen LogP contribution in [0.15, 0.2) is 18.2 Å². The molecule has 0 aromatic heterocycles. The Kier molecular flexibility index (Phi) is 3.96. The molecule has 0 aliphatic carbocycles. The van der Waals surface area contributed by atoms with Crippen LogP contribution in [0.2, 0.25) is 5.02 Å². The summed E-state index contributed by atoms with van der Waals surface area (Å²) in [5.41, 5.74) is 0.489. The first-order valence-corrected chi connectivity index (χ1v) is 4.89. The minimum Gasteiger partial charge on any atom is -0.493 e. The Morgan fingerprint density at radius 1 is 1.50 bits per heavy atom. The largest absolute Gasteiger partial charge is 0.493 e. The second-order valence-corrected chi connectivity index (χ2v) is 3.91. The van der Waals surface area contributed by atoms with Gasteiger partial charge in [-0.15, -0.1) is 0 Å². The number of benzene rings is 1. The van der Waals surface area contributed by atoms with Crippen LogP contribution >= 0.6 is 11.6 Å². The minimum absolute atomic E-state index is 0.432. The van der Waals surface area contributed by atoms with Crippen molar-refractivity contribution in [3.63, 3.8) is 0 Å². The summed E-state index contributed by atoms with van der Waals surface area (Å²) in [6.45, 7) is 4.79. The molecule has 76 valence electrons. The molecule has 0 bridgehead atoms. The molecule has 0 fully saturated rings. The first-order chi connectivity index (χ1) is 6.63. The lowest BCUT2D eigenvalue weighted by Gasteiger charge is -2.09. The van der Waals surface area contributed by atoms with E-state index in [9.17, 15) is 4.79 Å². The zero-order valence-corrected chi connectivity index (χ0v) is 9.04. The number of aldehydes is 1. The van der Waals surface area contributed by atoms with E-state index in [-0.39, 0.29) is 0 Å². The van der Waals surface area contributed by atoms with Crippen LogP contribution in [-0.2, 0) is 0 Å². The lowest BCUT2D eigenvalue weighted by Crippen LogP contribution is -2.04. The van der Waals surface area contributed by atoms with Crippen LogP contribution in [0.3, 0.4) is 0 Å². The van der Waals surface area contributed by atoms with Crippen LogP contribution in [0.4, 0.5) is 0 Å². The summed E-state index contributed by atoms with van der Waals surface area (Å²) in [7, 11) is 0. The summed E-state index contributed by atoms with van der Waals surface area (Å²) >= 11 is 5.83. The molecule has 1 rings (SSSR count). The number of rotatable bonds is 4. The second kappa shape index (κ2) is 5.01. The van der Waals surface area contributed by atoms with E-state index < -0.39 is 0 Å². The van der Waals surface area contributed by atoms with Crippen LogP contribution in [0.1, 0.15) is 24.2 Å². The normalized spacial score (nSPS) is 10.3. The highest BCUT2D eigenvalue weighted by atomic mass is 35.5. The van der Waals surface area contributed by atoms with E-state index in [1.807, 2.05) is 0 Å². The fraction of sp³-hybridized carbons (Fsp3) is 0.364. The van der Waals surface area contributed by atoms with Crippen molar-refractivity contribution in [3.8, 4) is 5.75 Å². The number of halogens is 1. The molecular weight excluding hydrogens is 200 g/mol. The summed E-state index contributed by atoms with van der Waals surface area (Å²) in [5, 5.41) is 0.432. The summed E-state index contributed by atoms with van der Waals surface area (Å²) in [6, 6.07) is 5.07. The minimum atomic E-state index is 0.432. The molecule has 0 unspecified atom stereocenters. The van der Waals surface area contributed by atoms with Gasteiger partial charge in [0.25, 0.3) is 0 Å². The van der Waals surface area contributed by atoms with Gasteiger partial charge in [-0.05, 0) is 24.1 Å². The van der Waals surface area contributed by atoms with Crippen LogP contribution in [0, 0.1) is 5.92 Å². The SMILES string of the molecule is CC(C)COc1ccc(C=O)c(Cl)c1. The third-order valence-electron chi connectivity index (χ3n) is 1.68. The topological polar surface area (TPSA) is 26.3 Å². The Hall–Kier alpha value is -1.02. The molecule has 0 saturated heterocycles. The molecule has 14 heavy (non-hydrogen) atoms. The maximum atomic E-state index is 10.5. The predicted molar refractivity (Wildman–Crippen MR) is 57.2 cm³/mol. The Morgan fingerprint density at radius 3 is 2.71 bits per heavy atom. The van der Waals surface area contributed by atoms with E-state index in [1.165, 1.54) is 0 Å². The summed E-state index contributed by atoms with van der Waals surface area (Å²) < 4.78 is 5.45. The zero-order valence-electron chi connectivity index (χ0n) is 8.29. The molecule has 0 atom stereocenters. The Bertz CT molecular complexity index is 321. The molecule has 1 aromatic rings. The highest BCUT2D eigenvalue weighted by molar-refractivity contribution is 6.33. The van der Waals surface area contributed by atoms with Crippen LogP contribution in [0.25, 0.3) is 0 Å². The number of ether oxygens (including phenoxy) is 1. The number of hydrogen-bond acceptors (Lipinski definition) is 2. The van der Waals surface area contributed by atoms with Gasteiger partial charge in [-0.1, -0.05) is 25.4 Å². The molecular formula is C11H13ClO2. The van der Waals surface area contributed by atoms with E-state index in [1.54, 1.807) is 18.2 Å². The van der Waals surface area contributed by atoms with Crippen molar-refractivity contribution < 1.29 is 9.53 Å². The van der Waals surface area contributed by atoms with Gasteiger partial charge < -0.3 is 4.74 Å². The van der Waals surface area contributed by atoms with Crippen LogP contribution in [0.5, 0.6) is 5.75 Å². The van der Waals surface area contributed by atoms with Gasteiger partial charge in [0.15, 0.2) is 6.29 Å². The highest BCUT2D eigenvalue weighted by Gasteiger charge is 2.02. The smallest absolute Gasteiger partial charge is 0.151 e. The Morgan fingerprint density at radius 2 is 2.21 bits per heavy atom. The van der Waals surface area contributed by atoms with E-state index in [0.717, 1.165) is 6.29 Å². The maximum Gasteiger partial charge on any atom is 0.151 e. The molecule has 0 heterocycles. The van der Waals surface area contributed by atoms with E-state index in [0.29, 0.717) is 28.9 Å². The lowest BCUT2D eigenvalue weighted by atomic mass is 10.2. The third kappa shape index (κ3) is 3.04. The fourth-order valence-electron chi connectivity index (χ4n) is 0.956. The average molecular weight is 213 g/mol. The fourth-order valence-corrected chi connectivity index (χ4v) is 1.17. The first-order valence-electron chi connectivity index (χ1n) is 4.51. The van der Waals surface area contributed by atoms with Crippen molar-refractivity contribution in [2.24, 2.45) is 5.92 Å². The Balaban J connectivity index is 2.71. The van der Waals surface area contributed by atoms with Crippen molar-refractivity contribution in [1.82, 2.24) is 0 Å². The second-order valence-electron chi connectivity index (χ2n) is 3.51. The predicted octanol–water partition coefficient (Wildman–Crippen LogP) is 3.19. The standard InChI is InChI=1S/C11H13ClO2/c1-8(2)7-14-10-4-3-9(6-13)11(12)5-10/h3-6,8H,7H2,1-2H3. The van der Waals surface area contributed by atoms with Crippen LogP contribution in [-0.4, -0.2) is 12.9 Å². The zero-order chi connectivity index (χ0) is 10.6. The molecule has 0 N–H and O–H groups in total. The van der Waals surface area contributed by atoms with Crippen molar-refractivity contribution in [2.75, 3.05) is 6.61 Å². The number of carbonyl (C=O) groups is 1. The molecule has 0 aliphatic rings. The number of hydrogen-bond donors (Lipinski definition) is 0. The molecule has 0 radical (unpaired) electrons. The third-order valence-corrected chi connectivity index (χ3v) is 2.01. The van der Waals surface area contributed by atoms with Gasteiger partial charge >= 0.3 is 0 Å². The quantitative estimate of drug-likeness (QED) is 0.717.